The Hall–Kier alpha value is -1.86. The molecule has 1 amide bonds. The Bertz CT molecular complexity index is 1010. The lowest BCUT2D eigenvalue weighted by Gasteiger charge is -2.27. The molecule has 0 N–H and O–H groups in total. The standard InChI is InChI=1S/C22H30ClN3O3S/c1-15(2)12-26-20(13-25(16(3)4)21(27)18-8-9-18)11-24-22(26)30(28,29)14-17-6-5-7-19(23)10-17/h5-7,10-11,15-16,18H,8-9,12-14H2,1-4H3. The van der Waals surface area contributed by atoms with Gasteiger partial charge in [0, 0.05) is 23.5 Å². The summed E-state index contributed by atoms with van der Waals surface area (Å²) in [5, 5.41) is 0.550. The monoisotopic (exact) mass is 451 g/mol. The van der Waals surface area contributed by atoms with Gasteiger partial charge < -0.3 is 9.47 Å². The zero-order chi connectivity index (χ0) is 22.1. The molecule has 1 aromatic carbocycles. The molecule has 1 heterocycles. The maximum atomic E-state index is 13.2. The molecule has 0 aliphatic heterocycles. The fourth-order valence-corrected chi connectivity index (χ4v) is 5.19. The first-order valence-corrected chi connectivity index (χ1v) is 12.4. The predicted molar refractivity (Wildman–Crippen MR) is 118 cm³/mol. The van der Waals surface area contributed by atoms with E-state index in [-0.39, 0.29) is 34.7 Å². The van der Waals surface area contributed by atoms with Crippen molar-refractivity contribution in [1.29, 1.82) is 0 Å². The number of halogens is 1. The topological polar surface area (TPSA) is 72.3 Å². The average molecular weight is 452 g/mol. The molecule has 30 heavy (non-hydrogen) atoms. The molecule has 164 valence electrons. The maximum Gasteiger partial charge on any atom is 0.228 e. The van der Waals surface area contributed by atoms with E-state index in [1.54, 1.807) is 35.0 Å². The van der Waals surface area contributed by atoms with E-state index in [2.05, 4.69) is 4.98 Å². The van der Waals surface area contributed by atoms with E-state index in [0.717, 1.165) is 18.5 Å². The normalized spacial score (nSPS) is 14.5. The molecule has 0 spiro atoms. The van der Waals surface area contributed by atoms with Crippen LogP contribution in [0.15, 0.2) is 35.6 Å². The summed E-state index contributed by atoms with van der Waals surface area (Å²) in [6, 6.07) is 6.89. The number of hydrogen-bond acceptors (Lipinski definition) is 4. The van der Waals surface area contributed by atoms with Crippen LogP contribution in [-0.2, 0) is 33.5 Å². The molecule has 3 rings (SSSR count). The SMILES string of the molecule is CC(C)Cn1c(CN(C(=O)C2CC2)C(C)C)cnc1S(=O)(=O)Cc1cccc(Cl)c1. The van der Waals surface area contributed by atoms with Crippen molar-refractivity contribution in [3.05, 3.63) is 46.7 Å². The van der Waals surface area contributed by atoms with Gasteiger partial charge in [0.15, 0.2) is 0 Å². The number of aromatic nitrogens is 2. The van der Waals surface area contributed by atoms with Gasteiger partial charge in [-0.05, 0) is 50.3 Å². The second kappa shape index (κ2) is 9.10. The van der Waals surface area contributed by atoms with Crippen LogP contribution in [-0.4, -0.2) is 34.8 Å². The van der Waals surface area contributed by atoms with Crippen molar-refractivity contribution in [2.75, 3.05) is 0 Å². The molecule has 0 unspecified atom stereocenters. The molecule has 1 aromatic heterocycles. The molecule has 1 fully saturated rings. The minimum absolute atomic E-state index is 0.0343. The lowest BCUT2D eigenvalue weighted by atomic mass is 10.2. The third-order valence-electron chi connectivity index (χ3n) is 5.14. The van der Waals surface area contributed by atoms with Crippen LogP contribution >= 0.6 is 11.6 Å². The molecule has 1 aliphatic rings. The van der Waals surface area contributed by atoms with Crippen LogP contribution in [0.1, 0.15) is 51.8 Å². The van der Waals surface area contributed by atoms with E-state index >= 15 is 0 Å². The molecular weight excluding hydrogens is 422 g/mol. The maximum absolute atomic E-state index is 13.2. The van der Waals surface area contributed by atoms with Crippen LogP contribution in [0, 0.1) is 11.8 Å². The van der Waals surface area contributed by atoms with Gasteiger partial charge >= 0.3 is 0 Å². The first-order chi connectivity index (χ1) is 14.1. The summed E-state index contributed by atoms with van der Waals surface area (Å²) in [6.07, 6.45) is 3.47. The number of carbonyl (C=O) groups excluding carboxylic acids is 1. The Labute approximate surface area is 184 Å². The van der Waals surface area contributed by atoms with Crippen molar-refractivity contribution in [3.63, 3.8) is 0 Å². The third kappa shape index (κ3) is 5.43. The van der Waals surface area contributed by atoms with Crippen molar-refractivity contribution in [2.24, 2.45) is 11.8 Å². The van der Waals surface area contributed by atoms with Gasteiger partial charge in [-0.3, -0.25) is 4.79 Å². The third-order valence-corrected chi connectivity index (χ3v) is 6.97. The van der Waals surface area contributed by atoms with Gasteiger partial charge in [0.05, 0.1) is 24.2 Å². The summed E-state index contributed by atoms with van der Waals surface area (Å²) in [5.74, 6) is 0.312. The summed E-state index contributed by atoms with van der Waals surface area (Å²) in [7, 11) is -3.68. The Kier molecular flexibility index (Phi) is 6.92. The number of benzene rings is 1. The van der Waals surface area contributed by atoms with Crippen molar-refractivity contribution in [1.82, 2.24) is 14.5 Å². The van der Waals surface area contributed by atoms with Crippen molar-refractivity contribution in [3.8, 4) is 0 Å². The molecule has 2 aromatic rings. The highest BCUT2D eigenvalue weighted by atomic mass is 35.5. The number of carbonyl (C=O) groups is 1. The van der Waals surface area contributed by atoms with Gasteiger partial charge in [0.2, 0.25) is 20.9 Å². The van der Waals surface area contributed by atoms with Gasteiger partial charge in [-0.15, -0.1) is 0 Å². The lowest BCUT2D eigenvalue weighted by Crippen LogP contribution is -2.38. The second-order valence-electron chi connectivity index (χ2n) is 8.76. The largest absolute Gasteiger partial charge is 0.334 e. The van der Waals surface area contributed by atoms with Crippen molar-refractivity contribution in [2.45, 2.75) is 70.6 Å². The zero-order valence-corrected chi connectivity index (χ0v) is 19.6. The summed E-state index contributed by atoms with van der Waals surface area (Å²) >= 11 is 6.02. The molecule has 0 bridgehead atoms. The highest BCUT2D eigenvalue weighted by Gasteiger charge is 2.35. The van der Waals surface area contributed by atoms with Gasteiger partial charge in [0.1, 0.15) is 0 Å². The smallest absolute Gasteiger partial charge is 0.228 e. The quantitative estimate of drug-likeness (QED) is 0.569. The lowest BCUT2D eigenvalue weighted by molar-refractivity contribution is -0.135. The summed E-state index contributed by atoms with van der Waals surface area (Å²) in [5.41, 5.74) is 1.37. The van der Waals surface area contributed by atoms with Crippen molar-refractivity contribution >= 4 is 27.3 Å². The van der Waals surface area contributed by atoms with E-state index in [0.29, 0.717) is 23.7 Å². The van der Waals surface area contributed by atoms with Crippen LogP contribution in [0.2, 0.25) is 5.02 Å². The van der Waals surface area contributed by atoms with Crippen LogP contribution in [0.25, 0.3) is 0 Å². The van der Waals surface area contributed by atoms with Gasteiger partial charge in [-0.2, -0.15) is 0 Å². The highest BCUT2D eigenvalue weighted by Crippen LogP contribution is 2.32. The Morgan fingerprint density at radius 3 is 2.53 bits per heavy atom. The van der Waals surface area contributed by atoms with E-state index in [4.69, 9.17) is 11.6 Å². The molecule has 0 radical (unpaired) electrons. The minimum atomic E-state index is -3.68. The minimum Gasteiger partial charge on any atom is -0.334 e. The van der Waals surface area contributed by atoms with Crippen LogP contribution in [0.4, 0.5) is 0 Å². The zero-order valence-electron chi connectivity index (χ0n) is 18.0. The molecule has 6 nitrogen and oxygen atoms in total. The fourth-order valence-electron chi connectivity index (χ4n) is 3.49. The number of hydrogen-bond donors (Lipinski definition) is 0. The Morgan fingerprint density at radius 2 is 1.97 bits per heavy atom. The molecular formula is C22H30ClN3O3S. The average Bonchev–Trinajstić information content (AvgIpc) is 3.40. The van der Waals surface area contributed by atoms with Crippen LogP contribution < -0.4 is 0 Å². The summed E-state index contributed by atoms with van der Waals surface area (Å²) < 4.78 is 28.2. The van der Waals surface area contributed by atoms with Crippen molar-refractivity contribution < 1.29 is 13.2 Å². The van der Waals surface area contributed by atoms with Crippen LogP contribution in [0.5, 0.6) is 0 Å². The van der Waals surface area contributed by atoms with Gasteiger partial charge in [0.25, 0.3) is 0 Å². The van der Waals surface area contributed by atoms with Gasteiger partial charge in [-0.1, -0.05) is 37.6 Å². The number of sulfone groups is 1. The number of nitrogens with zero attached hydrogens (tertiary/aromatic N) is 3. The van der Waals surface area contributed by atoms with E-state index in [1.165, 1.54) is 0 Å². The van der Waals surface area contributed by atoms with E-state index in [1.807, 2.05) is 32.6 Å². The van der Waals surface area contributed by atoms with E-state index < -0.39 is 9.84 Å². The Balaban J connectivity index is 1.93. The molecule has 1 saturated carbocycles. The highest BCUT2D eigenvalue weighted by molar-refractivity contribution is 7.90. The second-order valence-corrected chi connectivity index (χ2v) is 11.1. The van der Waals surface area contributed by atoms with Gasteiger partial charge in [-0.25, -0.2) is 13.4 Å². The molecule has 8 heteroatoms. The number of rotatable bonds is 9. The first kappa shape index (κ1) is 22.8. The summed E-state index contributed by atoms with van der Waals surface area (Å²) in [4.78, 5) is 18.9. The van der Waals surface area contributed by atoms with E-state index in [9.17, 15) is 13.2 Å². The number of amides is 1. The fraction of sp³-hybridized carbons (Fsp3) is 0.545. The predicted octanol–water partition coefficient (Wildman–Crippen LogP) is 4.31. The molecule has 0 atom stereocenters. The first-order valence-electron chi connectivity index (χ1n) is 10.4. The molecule has 1 aliphatic carbocycles. The molecule has 0 saturated heterocycles. The number of imidazole rings is 1. The summed E-state index contributed by atoms with van der Waals surface area (Å²) in [6.45, 7) is 8.92. The van der Waals surface area contributed by atoms with Crippen LogP contribution in [0.3, 0.4) is 0 Å². The Morgan fingerprint density at radius 1 is 1.27 bits per heavy atom.